The van der Waals surface area contributed by atoms with E-state index in [-0.39, 0.29) is 0 Å². The molecule has 0 N–H and O–H groups in total. The number of unbranched alkanes of at least 4 members (excludes halogenated alkanes) is 9. The number of thiophene rings is 2. The van der Waals surface area contributed by atoms with Crippen LogP contribution in [0.2, 0.25) is 0 Å². The first-order valence-corrected chi connectivity index (χ1v) is 11.8. The molecule has 0 aromatic carbocycles. The molecule has 4 heteroatoms. The van der Waals surface area contributed by atoms with Crippen molar-refractivity contribution in [2.45, 2.75) is 71.1 Å². The van der Waals surface area contributed by atoms with E-state index in [0.717, 1.165) is 22.6 Å². The molecule has 24 heavy (non-hydrogen) atoms. The van der Waals surface area contributed by atoms with Gasteiger partial charge in [0.2, 0.25) is 0 Å². The molecule has 2 heterocycles. The van der Waals surface area contributed by atoms with E-state index in [1.54, 1.807) is 22.7 Å². The molecular formula is C20H29BrOS2. The highest BCUT2D eigenvalue weighted by Crippen LogP contribution is 2.41. The smallest absolute Gasteiger partial charge is 0.188 e. The highest BCUT2D eigenvalue weighted by Gasteiger charge is 2.10. The van der Waals surface area contributed by atoms with E-state index in [9.17, 15) is 0 Å². The molecule has 0 saturated carbocycles. The summed E-state index contributed by atoms with van der Waals surface area (Å²) in [5.41, 5.74) is 1.29. The van der Waals surface area contributed by atoms with Gasteiger partial charge in [0.25, 0.3) is 0 Å². The molecule has 0 radical (unpaired) electrons. The molecule has 0 aliphatic rings. The Balaban J connectivity index is 1.52. The highest BCUT2D eigenvalue weighted by molar-refractivity contribution is 9.10. The summed E-state index contributed by atoms with van der Waals surface area (Å²) in [5.74, 6) is 0. The maximum atomic E-state index is 5.96. The molecule has 2 aromatic heterocycles. The minimum atomic E-state index is 0.832. The van der Waals surface area contributed by atoms with Crippen molar-refractivity contribution in [2.75, 3.05) is 6.61 Å². The van der Waals surface area contributed by atoms with Crippen LogP contribution in [0.1, 0.15) is 71.1 Å². The molecule has 0 atom stereocenters. The van der Waals surface area contributed by atoms with Crippen LogP contribution in [-0.2, 0) is 0 Å². The van der Waals surface area contributed by atoms with Crippen molar-refractivity contribution < 1.29 is 4.74 Å². The molecule has 0 spiro atoms. The minimum absolute atomic E-state index is 0.832. The molecule has 134 valence electrons. The second-order valence-electron chi connectivity index (χ2n) is 6.29. The van der Waals surface area contributed by atoms with Crippen LogP contribution in [0.3, 0.4) is 0 Å². The van der Waals surface area contributed by atoms with E-state index in [4.69, 9.17) is 4.74 Å². The molecule has 2 aromatic rings. The fourth-order valence-electron chi connectivity index (χ4n) is 2.75. The zero-order valence-electron chi connectivity index (χ0n) is 14.7. The Labute approximate surface area is 163 Å². The number of halogens is 1. The molecule has 0 saturated heterocycles. The average molecular weight is 429 g/mol. The van der Waals surface area contributed by atoms with Gasteiger partial charge in [0, 0.05) is 10.4 Å². The van der Waals surface area contributed by atoms with Crippen LogP contribution >= 0.6 is 38.6 Å². The van der Waals surface area contributed by atoms with Gasteiger partial charge < -0.3 is 4.74 Å². The fourth-order valence-corrected chi connectivity index (χ4v) is 5.14. The first-order chi connectivity index (χ1) is 11.8. The molecule has 0 aliphatic heterocycles. The van der Waals surface area contributed by atoms with Gasteiger partial charge in [0.15, 0.2) is 5.06 Å². The summed E-state index contributed by atoms with van der Waals surface area (Å²) in [4.78, 5) is 1.28. The summed E-state index contributed by atoms with van der Waals surface area (Å²) < 4.78 is 7.05. The quantitative estimate of drug-likeness (QED) is 0.290. The van der Waals surface area contributed by atoms with E-state index in [1.807, 2.05) is 0 Å². The third-order valence-corrected chi connectivity index (χ3v) is 6.82. The van der Waals surface area contributed by atoms with Gasteiger partial charge in [0.05, 0.1) is 11.1 Å². The zero-order valence-corrected chi connectivity index (χ0v) is 17.9. The lowest BCUT2D eigenvalue weighted by Crippen LogP contribution is -1.96. The molecule has 0 fully saturated rings. The third-order valence-electron chi connectivity index (χ3n) is 4.19. The standard InChI is InChI=1S/C20H29BrOS2/c1-2-3-4-5-6-7-8-9-10-11-13-22-20-18(21)15-19(24-20)17-12-14-23-16-17/h12,14-16H,2-11,13H2,1H3. The zero-order chi connectivity index (χ0) is 17.0. The van der Waals surface area contributed by atoms with Crippen molar-refractivity contribution in [2.24, 2.45) is 0 Å². The highest BCUT2D eigenvalue weighted by atomic mass is 79.9. The Kier molecular flexibility index (Phi) is 10.1. The topological polar surface area (TPSA) is 9.23 Å². The van der Waals surface area contributed by atoms with E-state index >= 15 is 0 Å². The summed E-state index contributed by atoms with van der Waals surface area (Å²) in [6.07, 6.45) is 13.6. The summed E-state index contributed by atoms with van der Waals surface area (Å²) in [5, 5.41) is 5.32. The lowest BCUT2D eigenvalue weighted by atomic mass is 10.1. The third kappa shape index (κ3) is 7.28. The molecule has 2 rings (SSSR count). The number of hydrogen-bond donors (Lipinski definition) is 0. The van der Waals surface area contributed by atoms with Crippen molar-refractivity contribution in [1.29, 1.82) is 0 Å². The van der Waals surface area contributed by atoms with Crippen LogP contribution in [0.15, 0.2) is 27.4 Å². The van der Waals surface area contributed by atoms with Crippen LogP contribution in [0.25, 0.3) is 10.4 Å². The number of ether oxygens (including phenoxy) is 1. The molecule has 0 unspecified atom stereocenters. The van der Waals surface area contributed by atoms with Gasteiger partial charge in [-0.2, -0.15) is 11.3 Å². The van der Waals surface area contributed by atoms with Crippen molar-refractivity contribution in [3.8, 4) is 15.5 Å². The maximum Gasteiger partial charge on any atom is 0.188 e. The van der Waals surface area contributed by atoms with Crippen LogP contribution in [0, 0.1) is 0 Å². The van der Waals surface area contributed by atoms with E-state index in [2.05, 4.69) is 45.7 Å². The summed E-state index contributed by atoms with van der Waals surface area (Å²) in [6, 6.07) is 4.33. The Morgan fingerprint density at radius 2 is 1.62 bits per heavy atom. The van der Waals surface area contributed by atoms with Gasteiger partial charge in [-0.15, -0.1) is 0 Å². The van der Waals surface area contributed by atoms with Crippen LogP contribution in [0.5, 0.6) is 5.06 Å². The normalized spacial score (nSPS) is 11.1. The predicted molar refractivity (Wildman–Crippen MR) is 113 cm³/mol. The van der Waals surface area contributed by atoms with Gasteiger partial charge in [-0.25, -0.2) is 0 Å². The first kappa shape index (κ1) is 20.0. The van der Waals surface area contributed by atoms with Crippen molar-refractivity contribution in [1.82, 2.24) is 0 Å². The minimum Gasteiger partial charge on any atom is -0.483 e. The largest absolute Gasteiger partial charge is 0.483 e. The van der Waals surface area contributed by atoms with Gasteiger partial charge >= 0.3 is 0 Å². The summed E-state index contributed by atoms with van der Waals surface area (Å²) in [6.45, 7) is 3.11. The van der Waals surface area contributed by atoms with Gasteiger partial charge in [-0.1, -0.05) is 76.0 Å². The Morgan fingerprint density at radius 3 is 2.25 bits per heavy atom. The Bertz CT molecular complexity index is 548. The predicted octanol–water partition coefficient (Wildman–Crippen LogP) is 8.54. The molecular weight excluding hydrogens is 400 g/mol. The van der Waals surface area contributed by atoms with Gasteiger partial charge in [-0.3, -0.25) is 0 Å². The Hall–Kier alpha value is -0.320. The molecule has 0 bridgehead atoms. The maximum absolute atomic E-state index is 5.96. The summed E-state index contributed by atoms with van der Waals surface area (Å²) in [7, 11) is 0. The number of hydrogen-bond acceptors (Lipinski definition) is 3. The van der Waals surface area contributed by atoms with Crippen LogP contribution in [-0.4, -0.2) is 6.61 Å². The van der Waals surface area contributed by atoms with Crippen molar-refractivity contribution in [3.63, 3.8) is 0 Å². The van der Waals surface area contributed by atoms with Gasteiger partial charge in [0.1, 0.15) is 0 Å². The second-order valence-corrected chi connectivity index (χ2v) is 8.94. The van der Waals surface area contributed by atoms with Crippen molar-refractivity contribution in [3.05, 3.63) is 27.4 Å². The summed E-state index contributed by atoms with van der Waals surface area (Å²) >= 11 is 7.09. The fraction of sp³-hybridized carbons (Fsp3) is 0.600. The van der Waals surface area contributed by atoms with E-state index in [1.165, 1.54) is 68.2 Å². The monoisotopic (exact) mass is 428 g/mol. The lowest BCUT2D eigenvalue weighted by molar-refractivity contribution is 0.311. The number of rotatable bonds is 13. The van der Waals surface area contributed by atoms with Crippen molar-refractivity contribution >= 4 is 38.6 Å². The molecule has 1 nitrogen and oxygen atoms in total. The van der Waals surface area contributed by atoms with E-state index in [0.29, 0.717) is 0 Å². The second kappa shape index (κ2) is 12.1. The average Bonchev–Trinajstić information content (AvgIpc) is 3.22. The first-order valence-electron chi connectivity index (χ1n) is 9.26. The SMILES string of the molecule is CCCCCCCCCCCCOc1sc(-c2ccsc2)cc1Br. The lowest BCUT2D eigenvalue weighted by Gasteiger charge is -2.04. The van der Waals surface area contributed by atoms with Crippen LogP contribution < -0.4 is 4.74 Å². The Morgan fingerprint density at radius 1 is 0.958 bits per heavy atom. The van der Waals surface area contributed by atoms with Crippen LogP contribution in [0.4, 0.5) is 0 Å². The van der Waals surface area contributed by atoms with E-state index < -0.39 is 0 Å². The van der Waals surface area contributed by atoms with Gasteiger partial charge in [-0.05, 0) is 45.2 Å². The molecule has 0 aliphatic carbocycles. The molecule has 0 amide bonds.